The molecule has 8 bridgehead atoms. The fourth-order valence-corrected chi connectivity index (χ4v) is 3.96. The molecule has 243 valence electrons. The molecule has 0 saturated carbocycles. The van der Waals surface area contributed by atoms with Crippen molar-refractivity contribution >= 4 is 46.4 Å². The molecule has 12 nitrogen and oxygen atoms in total. The molecule has 0 aromatic carbocycles. The average molecular weight is 690 g/mol. The van der Waals surface area contributed by atoms with Gasteiger partial charge in [0.05, 0.1) is 22.8 Å². The molecule has 0 unspecified atom stereocenters. The first-order valence-corrected chi connectivity index (χ1v) is 14.6. The molecular formula is C36H30CoN12. The number of rotatable bonds is 0. The minimum absolute atomic E-state index is 0. The largest absolute Gasteiger partial charge is 0.355 e. The summed E-state index contributed by atoms with van der Waals surface area (Å²) in [5.41, 5.74) is 7.86. The molecule has 9 heterocycles. The van der Waals surface area contributed by atoms with Crippen molar-refractivity contribution in [3.63, 3.8) is 0 Å². The van der Waals surface area contributed by atoms with Crippen LogP contribution >= 0.6 is 0 Å². The van der Waals surface area contributed by atoms with Gasteiger partial charge in [0.15, 0.2) is 0 Å². The van der Waals surface area contributed by atoms with E-state index in [1.807, 2.05) is 48.6 Å². The van der Waals surface area contributed by atoms with Gasteiger partial charge in [-0.1, -0.05) is 0 Å². The van der Waals surface area contributed by atoms with Gasteiger partial charge in [0.2, 0.25) is 0 Å². The van der Waals surface area contributed by atoms with Gasteiger partial charge in [-0.15, -0.1) is 0 Å². The summed E-state index contributed by atoms with van der Waals surface area (Å²) < 4.78 is 0. The second-order valence-electron chi connectivity index (χ2n) is 9.48. The van der Waals surface area contributed by atoms with Gasteiger partial charge in [-0.2, -0.15) is 0 Å². The monoisotopic (exact) mass is 689 g/mol. The van der Waals surface area contributed by atoms with Crippen molar-refractivity contribution < 1.29 is 16.8 Å². The van der Waals surface area contributed by atoms with Crippen LogP contribution in [-0.4, -0.2) is 59.8 Å². The van der Waals surface area contributed by atoms with Crippen molar-refractivity contribution in [1.82, 2.24) is 59.8 Å². The molecule has 7 aromatic heterocycles. The Bertz CT molecular complexity index is 1730. The quantitative estimate of drug-likeness (QED) is 0.178. The first kappa shape index (κ1) is 35.3. The Morgan fingerprint density at radius 1 is 0.286 bits per heavy atom. The molecule has 0 fully saturated rings. The zero-order chi connectivity index (χ0) is 32.9. The Kier molecular flexibility index (Phi) is 14.8. The van der Waals surface area contributed by atoms with E-state index in [4.69, 9.17) is 0 Å². The number of aromatic nitrogens is 12. The number of nitrogens with one attached hydrogen (secondary N) is 2. The second-order valence-corrected chi connectivity index (χ2v) is 9.48. The smallest absolute Gasteiger partial charge is 0.0658 e. The summed E-state index contributed by atoms with van der Waals surface area (Å²) >= 11 is 0. The summed E-state index contributed by atoms with van der Waals surface area (Å²) in [6.07, 6.45) is 34.3. The van der Waals surface area contributed by atoms with Crippen LogP contribution in [0.15, 0.2) is 148 Å². The van der Waals surface area contributed by atoms with Crippen LogP contribution in [-0.2, 0) is 16.8 Å². The zero-order valence-electron chi connectivity index (χ0n) is 26.0. The van der Waals surface area contributed by atoms with E-state index in [2.05, 4.69) is 84.1 Å². The Balaban J connectivity index is 0.000000175. The topological polar surface area (TPSA) is 160 Å². The summed E-state index contributed by atoms with van der Waals surface area (Å²) in [7, 11) is 0. The minimum Gasteiger partial charge on any atom is -0.355 e. The molecule has 7 aromatic rings. The van der Waals surface area contributed by atoms with Crippen molar-refractivity contribution in [3.05, 3.63) is 170 Å². The summed E-state index contributed by atoms with van der Waals surface area (Å²) in [4.78, 5) is 45.8. The molecule has 2 N–H and O–H groups in total. The average Bonchev–Trinajstić information content (AvgIpc) is 4.00. The number of nitrogens with zero attached hydrogens (tertiary/aromatic N) is 10. The predicted molar refractivity (Wildman–Crippen MR) is 187 cm³/mol. The molecule has 9 rings (SSSR count). The van der Waals surface area contributed by atoms with Gasteiger partial charge < -0.3 is 9.97 Å². The van der Waals surface area contributed by atoms with Crippen LogP contribution in [0, 0.1) is 0 Å². The molecule has 2 aliphatic heterocycles. The van der Waals surface area contributed by atoms with E-state index in [0.717, 1.165) is 44.8 Å². The van der Waals surface area contributed by atoms with Gasteiger partial charge in [-0.05, 0) is 72.8 Å². The molecule has 0 atom stereocenters. The van der Waals surface area contributed by atoms with Crippen LogP contribution in [0.2, 0.25) is 0 Å². The molecule has 13 heteroatoms. The van der Waals surface area contributed by atoms with Crippen molar-refractivity contribution in [2.24, 2.45) is 0 Å². The Hall–Kier alpha value is -6.57. The van der Waals surface area contributed by atoms with E-state index in [1.54, 1.807) is 99.1 Å². The van der Waals surface area contributed by atoms with E-state index in [-0.39, 0.29) is 16.8 Å². The fraction of sp³-hybridized carbons (Fsp3) is 0. The SMILES string of the molecule is C1=Cc2cc3ccc(cc4nc(cc5ccc(cc1n2)[nH]5)C=C4)[nH]3.[Co].c1cnccn1.c1cnccn1.c1cnccn1.c1cnccn1. The Morgan fingerprint density at radius 3 is 0.633 bits per heavy atom. The Labute approximate surface area is 292 Å². The number of H-pyrrole nitrogens is 2. The molecule has 0 amide bonds. The standard InChI is InChI=1S/C20H14N4.4C4H4N2.Co/c1-2-14-10-16-5-6-18(23-16)12-20-8-7-19(24-20)11-17-4-3-15(22-17)9-13(1)21-14;4*1-2-6-4-3-5-1;/h1-12,21,24H;4*1-4H;. The van der Waals surface area contributed by atoms with Gasteiger partial charge in [0.1, 0.15) is 0 Å². The summed E-state index contributed by atoms with van der Waals surface area (Å²) in [6.45, 7) is 0. The van der Waals surface area contributed by atoms with Crippen molar-refractivity contribution in [3.8, 4) is 0 Å². The van der Waals surface area contributed by atoms with Crippen molar-refractivity contribution in [1.29, 1.82) is 0 Å². The third-order valence-corrected chi connectivity index (χ3v) is 5.95. The van der Waals surface area contributed by atoms with Crippen LogP contribution in [0.25, 0.3) is 46.4 Å². The number of fused-ring (bicyclic) bond motifs is 8. The van der Waals surface area contributed by atoms with Gasteiger partial charge in [0, 0.05) is 138 Å². The van der Waals surface area contributed by atoms with Gasteiger partial charge in [0.25, 0.3) is 0 Å². The Morgan fingerprint density at radius 2 is 0.469 bits per heavy atom. The van der Waals surface area contributed by atoms with Gasteiger partial charge in [-0.3, -0.25) is 39.9 Å². The van der Waals surface area contributed by atoms with Crippen LogP contribution in [0.1, 0.15) is 22.8 Å². The molecule has 49 heavy (non-hydrogen) atoms. The number of hydrogen-bond donors (Lipinski definition) is 2. The molecule has 0 saturated heterocycles. The van der Waals surface area contributed by atoms with E-state index < -0.39 is 0 Å². The fourth-order valence-electron chi connectivity index (χ4n) is 3.96. The first-order chi connectivity index (χ1) is 23.8. The van der Waals surface area contributed by atoms with E-state index in [1.165, 1.54) is 0 Å². The number of hydrogen-bond acceptors (Lipinski definition) is 10. The zero-order valence-corrected chi connectivity index (χ0v) is 27.0. The number of aromatic amines is 2. The molecule has 2 aliphatic rings. The first-order valence-electron chi connectivity index (χ1n) is 14.6. The van der Waals surface area contributed by atoms with Gasteiger partial charge >= 0.3 is 0 Å². The van der Waals surface area contributed by atoms with E-state index >= 15 is 0 Å². The van der Waals surface area contributed by atoms with E-state index in [9.17, 15) is 0 Å². The summed E-state index contributed by atoms with van der Waals surface area (Å²) in [5, 5.41) is 0. The van der Waals surface area contributed by atoms with Crippen molar-refractivity contribution in [2.75, 3.05) is 0 Å². The third kappa shape index (κ3) is 13.4. The van der Waals surface area contributed by atoms with Crippen molar-refractivity contribution in [2.45, 2.75) is 0 Å². The molecule has 0 spiro atoms. The maximum absolute atomic E-state index is 4.63. The van der Waals surface area contributed by atoms with Crippen LogP contribution < -0.4 is 0 Å². The molecule has 0 aliphatic carbocycles. The molecular weight excluding hydrogens is 659 g/mol. The van der Waals surface area contributed by atoms with Crippen LogP contribution in [0.3, 0.4) is 0 Å². The van der Waals surface area contributed by atoms with Gasteiger partial charge in [-0.25, -0.2) is 9.97 Å². The summed E-state index contributed by atoms with van der Waals surface area (Å²) in [5.74, 6) is 0. The van der Waals surface area contributed by atoms with E-state index in [0.29, 0.717) is 0 Å². The summed E-state index contributed by atoms with van der Waals surface area (Å²) in [6, 6.07) is 16.4. The normalized spacial score (nSPS) is 10.1. The maximum Gasteiger partial charge on any atom is 0.0658 e. The molecule has 1 radical (unpaired) electrons. The van der Waals surface area contributed by atoms with Crippen LogP contribution in [0.5, 0.6) is 0 Å². The maximum atomic E-state index is 4.63. The second kappa shape index (κ2) is 20.5. The van der Waals surface area contributed by atoms with Crippen LogP contribution in [0.4, 0.5) is 0 Å². The third-order valence-electron chi connectivity index (χ3n) is 5.95. The minimum atomic E-state index is 0. The predicted octanol–water partition coefficient (Wildman–Crippen LogP) is 6.56.